The highest BCUT2D eigenvalue weighted by Gasteiger charge is 2.33. The highest BCUT2D eigenvalue weighted by molar-refractivity contribution is 7.90. The van der Waals surface area contributed by atoms with Crippen molar-refractivity contribution in [1.29, 1.82) is 0 Å². The summed E-state index contributed by atoms with van der Waals surface area (Å²) in [4.78, 5) is 36.6. The number of ether oxygens (including phenoxy) is 2. The predicted octanol–water partition coefficient (Wildman–Crippen LogP) is 9.19. The summed E-state index contributed by atoms with van der Waals surface area (Å²) in [6, 6.07) is 18.1. The molecule has 4 heterocycles. The lowest BCUT2D eigenvalue weighted by molar-refractivity contribution is -0.384. The Labute approximate surface area is 371 Å². The van der Waals surface area contributed by atoms with E-state index in [1.165, 1.54) is 29.0 Å². The van der Waals surface area contributed by atoms with Crippen LogP contribution in [0.25, 0.3) is 16.6 Å². The number of benzene rings is 3. The quantitative estimate of drug-likeness (QED) is 0.0760. The minimum absolute atomic E-state index is 0.0542. The molecule has 3 N–H and O–H groups in total. The maximum Gasteiger partial charge on any atom is 0.296 e. The van der Waals surface area contributed by atoms with E-state index in [4.69, 9.17) is 21.1 Å². The Balaban J connectivity index is 1.03. The molecule has 1 amide bonds. The first kappa shape index (κ1) is 44.1. The summed E-state index contributed by atoms with van der Waals surface area (Å²) in [7, 11) is -4.82. The molecule has 5 aromatic rings. The third-order valence-electron chi connectivity index (χ3n) is 12.3. The maximum absolute atomic E-state index is 15.5. The van der Waals surface area contributed by atoms with Crippen molar-refractivity contribution < 1.29 is 32.0 Å². The minimum atomic E-state index is -4.82. The Kier molecular flexibility index (Phi) is 12.8. The molecule has 0 spiro atoms. The van der Waals surface area contributed by atoms with Gasteiger partial charge in [-0.2, -0.15) is 0 Å². The Bertz CT molecular complexity index is 2670. The second kappa shape index (κ2) is 18.3. The van der Waals surface area contributed by atoms with Crippen LogP contribution in [0.4, 0.5) is 21.5 Å². The zero-order valence-electron chi connectivity index (χ0n) is 35.5. The summed E-state index contributed by atoms with van der Waals surface area (Å²) < 4.78 is 56.6. The lowest BCUT2D eigenvalue weighted by Crippen LogP contribution is -2.52. The van der Waals surface area contributed by atoms with Crippen LogP contribution >= 0.6 is 11.6 Å². The highest BCUT2D eigenvalue weighted by Crippen LogP contribution is 2.43. The van der Waals surface area contributed by atoms with Crippen molar-refractivity contribution in [1.82, 2.24) is 19.6 Å². The maximum atomic E-state index is 15.5. The van der Waals surface area contributed by atoms with E-state index in [1.807, 2.05) is 22.9 Å². The zero-order chi connectivity index (χ0) is 44.5. The topological polar surface area (TPSA) is 172 Å². The molecule has 63 heavy (non-hydrogen) atoms. The Morgan fingerprint density at radius 2 is 1.87 bits per heavy atom. The van der Waals surface area contributed by atoms with E-state index in [1.54, 1.807) is 24.4 Å². The predicted molar refractivity (Wildman–Crippen MR) is 242 cm³/mol. The first-order valence-corrected chi connectivity index (χ1v) is 23.1. The molecule has 0 radical (unpaired) electrons. The van der Waals surface area contributed by atoms with E-state index in [0.29, 0.717) is 55.1 Å². The van der Waals surface area contributed by atoms with Gasteiger partial charge >= 0.3 is 0 Å². The highest BCUT2D eigenvalue weighted by atomic mass is 35.5. The molecule has 332 valence electrons. The van der Waals surface area contributed by atoms with E-state index >= 15 is 4.39 Å². The van der Waals surface area contributed by atoms with E-state index < -0.39 is 42.9 Å². The van der Waals surface area contributed by atoms with Crippen molar-refractivity contribution >= 4 is 61.2 Å². The number of carbonyl (C=O) groups excluding carboxylic acids is 1. The van der Waals surface area contributed by atoms with Crippen molar-refractivity contribution in [3.63, 3.8) is 0 Å². The molecule has 0 saturated carbocycles. The zero-order valence-corrected chi connectivity index (χ0v) is 37.0. The number of amides is 1. The summed E-state index contributed by atoms with van der Waals surface area (Å²) >= 11 is 6.24. The van der Waals surface area contributed by atoms with Gasteiger partial charge in [-0.3, -0.25) is 19.8 Å². The van der Waals surface area contributed by atoms with Gasteiger partial charge in [-0.05, 0) is 104 Å². The van der Waals surface area contributed by atoms with Crippen LogP contribution in [0.15, 0.2) is 89.6 Å². The molecule has 2 saturated heterocycles. The summed E-state index contributed by atoms with van der Waals surface area (Å²) in [6.45, 7) is 11.2. The van der Waals surface area contributed by atoms with Crippen LogP contribution < -0.4 is 19.7 Å². The molecule has 1 unspecified atom stereocenters. The van der Waals surface area contributed by atoms with Crippen molar-refractivity contribution in [2.45, 2.75) is 63.8 Å². The van der Waals surface area contributed by atoms with Gasteiger partial charge in [0.2, 0.25) is 0 Å². The molecule has 2 aliphatic heterocycles. The number of anilines is 2. The number of aromatic amines is 1. The number of sulfonamides is 1. The number of nitro groups is 1. The third-order valence-corrected chi connectivity index (χ3v) is 13.9. The molecule has 17 heteroatoms. The average molecular weight is 900 g/mol. The van der Waals surface area contributed by atoms with Crippen molar-refractivity contribution in [3.05, 3.63) is 117 Å². The number of halogens is 2. The molecule has 2 aromatic heterocycles. The fraction of sp³-hybridized carbons (Fsp3) is 0.391. The first-order chi connectivity index (χ1) is 30.1. The smallest absolute Gasteiger partial charge is 0.296 e. The average Bonchev–Trinajstić information content (AvgIpc) is 3.72. The number of rotatable bonds is 13. The van der Waals surface area contributed by atoms with E-state index in [-0.39, 0.29) is 35.2 Å². The van der Waals surface area contributed by atoms with Crippen LogP contribution in [-0.2, 0) is 14.8 Å². The van der Waals surface area contributed by atoms with Crippen molar-refractivity contribution in [3.8, 4) is 11.5 Å². The second-order valence-electron chi connectivity index (χ2n) is 17.5. The first-order valence-electron chi connectivity index (χ1n) is 21.2. The number of nitrogens with one attached hydrogen (secondary N) is 3. The van der Waals surface area contributed by atoms with Crippen LogP contribution in [0, 0.1) is 27.3 Å². The summed E-state index contributed by atoms with van der Waals surface area (Å²) in [6.07, 6.45) is 7.75. The fourth-order valence-corrected chi connectivity index (χ4v) is 10.1. The number of H-pyrrole nitrogens is 1. The molecule has 0 bridgehead atoms. The number of carbonyl (C=O) groups is 1. The monoisotopic (exact) mass is 899 g/mol. The van der Waals surface area contributed by atoms with Gasteiger partial charge in [-0.1, -0.05) is 43.2 Å². The van der Waals surface area contributed by atoms with E-state index in [0.717, 1.165) is 56.0 Å². The van der Waals surface area contributed by atoms with Gasteiger partial charge in [0, 0.05) is 86.4 Å². The van der Waals surface area contributed by atoms with Crippen LogP contribution in [0.1, 0.15) is 68.8 Å². The van der Waals surface area contributed by atoms with Gasteiger partial charge in [0.25, 0.3) is 21.6 Å². The lowest BCUT2D eigenvalue weighted by atomic mass is 9.72. The summed E-state index contributed by atoms with van der Waals surface area (Å²) in [5.74, 6) is -1.76. The molecule has 8 rings (SSSR count). The third kappa shape index (κ3) is 10.1. The summed E-state index contributed by atoms with van der Waals surface area (Å²) in [5.41, 5.74) is 4.31. The van der Waals surface area contributed by atoms with Gasteiger partial charge < -0.3 is 24.7 Å². The molecule has 2 fully saturated rings. The number of pyridine rings is 1. The number of fused-ring (bicyclic) bond motifs is 1. The minimum Gasteiger partial charge on any atom is -0.455 e. The molecular formula is C46H51ClFN7O7S. The Hall–Kier alpha value is -5.55. The van der Waals surface area contributed by atoms with Gasteiger partial charge in [0.15, 0.2) is 5.82 Å². The van der Waals surface area contributed by atoms with Crippen LogP contribution in [0.2, 0.25) is 5.02 Å². The molecular weight excluding hydrogens is 849 g/mol. The molecule has 1 aliphatic carbocycles. The summed E-state index contributed by atoms with van der Waals surface area (Å²) in [5, 5.41) is 16.4. The van der Waals surface area contributed by atoms with Gasteiger partial charge in [0.05, 0.1) is 21.6 Å². The van der Waals surface area contributed by atoms with Crippen LogP contribution in [-0.4, -0.2) is 86.1 Å². The second-order valence-corrected chi connectivity index (χ2v) is 19.6. The number of nitrogens with zero attached hydrogens (tertiary/aromatic N) is 4. The van der Waals surface area contributed by atoms with Crippen LogP contribution in [0.5, 0.6) is 11.5 Å². The fourth-order valence-electron chi connectivity index (χ4n) is 8.93. The molecule has 1 atom stereocenters. The number of nitro benzene ring substituents is 1. The SMILES string of the molecule is CC1CN(CC2=C(c3ccc(Cl)cc3)CCC(C)(C)C2)CCN1c1ccc(C(=O)NS(=O)(=O)c2cc(F)c(NCC3CCOCC3)c([N+](=O)[O-])c2)c(Oc2cnc3[nH]ccc3c2)c1. The number of piperazine rings is 1. The van der Waals surface area contributed by atoms with Crippen molar-refractivity contribution in [2.24, 2.45) is 11.3 Å². The van der Waals surface area contributed by atoms with Crippen molar-refractivity contribution in [2.75, 3.05) is 56.2 Å². The number of allylic oxidation sites excluding steroid dienone is 1. The number of hydrogen-bond donors (Lipinski definition) is 3. The molecule has 3 aromatic carbocycles. The molecule has 14 nitrogen and oxygen atoms in total. The normalized spacial score (nSPS) is 18.7. The largest absolute Gasteiger partial charge is 0.455 e. The van der Waals surface area contributed by atoms with E-state index in [9.17, 15) is 23.3 Å². The van der Waals surface area contributed by atoms with Gasteiger partial charge in [-0.25, -0.2) is 22.5 Å². The standard InChI is InChI=1S/C46H51ClFN7O7S/c1-29-27-53(28-33-24-46(2,3)14-10-38(33)31-4-6-34(47)7-5-31)16-17-54(29)35-8-9-39(42(21-35)62-36-20-32-11-15-49-44(32)51-26-36)45(56)52-63(59,60)37-22-40(48)43(41(23-37)55(57)58)50-25-30-12-18-61-19-13-30/h4-9,11,15,20-23,26,29-30,50H,10,12-14,16-19,24-25,27-28H2,1-3H3,(H,49,51)(H,52,56). The Morgan fingerprint density at radius 1 is 1.10 bits per heavy atom. The van der Waals surface area contributed by atoms with Gasteiger partial charge in [0.1, 0.15) is 22.8 Å². The van der Waals surface area contributed by atoms with Crippen LogP contribution in [0.3, 0.4) is 0 Å². The van der Waals surface area contributed by atoms with E-state index in [2.05, 4.69) is 58.0 Å². The Morgan fingerprint density at radius 3 is 2.62 bits per heavy atom. The lowest BCUT2D eigenvalue weighted by Gasteiger charge is -2.43. The molecule has 3 aliphatic rings. The van der Waals surface area contributed by atoms with Gasteiger partial charge in [-0.15, -0.1) is 0 Å². The number of aromatic nitrogens is 2. The number of hydrogen-bond acceptors (Lipinski definition) is 11.